The smallest absolute Gasteiger partial charge is 0.331 e. The SMILES string of the molecule is NC(CCOc1ccc(/C(=N/O)C(=O)N[C@H]2CN([C@@H](C(=O)O)c3ccccc3)C2=O)cc1)C(=O)O. The van der Waals surface area contributed by atoms with Gasteiger partial charge < -0.3 is 36.1 Å². The van der Waals surface area contributed by atoms with E-state index in [-0.39, 0.29) is 30.8 Å². The maximum absolute atomic E-state index is 12.6. The summed E-state index contributed by atoms with van der Waals surface area (Å²) >= 11 is 0. The normalized spacial score (nSPS) is 17.2. The monoisotopic (exact) mass is 484 g/mol. The van der Waals surface area contributed by atoms with Crippen molar-refractivity contribution in [2.24, 2.45) is 10.9 Å². The summed E-state index contributed by atoms with van der Waals surface area (Å²) in [7, 11) is 0. The van der Waals surface area contributed by atoms with E-state index in [1.807, 2.05) is 0 Å². The van der Waals surface area contributed by atoms with Crippen LogP contribution in [0.15, 0.2) is 59.8 Å². The highest BCUT2D eigenvalue weighted by atomic mass is 16.5. The van der Waals surface area contributed by atoms with E-state index in [1.165, 1.54) is 24.3 Å². The molecular formula is C23H24N4O8. The van der Waals surface area contributed by atoms with E-state index in [2.05, 4.69) is 10.5 Å². The Bertz CT molecular complexity index is 1120. The number of amides is 2. The Morgan fingerprint density at radius 2 is 1.74 bits per heavy atom. The van der Waals surface area contributed by atoms with Crippen LogP contribution in [0.25, 0.3) is 0 Å². The largest absolute Gasteiger partial charge is 0.494 e. The van der Waals surface area contributed by atoms with E-state index in [4.69, 9.17) is 15.6 Å². The van der Waals surface area contributed by atoms with E-state index < -0.39 is 41.9 Å². The molecule has 0 aromatic heterocycles. The summed E-state index contributed by atoms with van der Waals surface area (Å²) in [6.45, 7) is 0.0370. The standard InChI is InChI=1S/C23H24N4O8/c24-16(22(30)31)10-11-35-15-8-6-13(7-9-15)18(26-34)20(28)25-17-12-27(21(17)29)19(23(32)33)14-4-2-1-3-5-14/h1-9,16-17,19,34H,10-12,24H2,(H,25,28)(H,30,31)(H,32,33)/b26-18-/t16?,17-,19+/m0/s1. The van der Waals surface area contributed by atoms with Crippen LogP contribution in [0, 0.1) is 0 Å². The number of nitrogens with zero attached hydrogens (tertiary/aromatic N) is 2. The molecule has 0 aliphatic carbocycles. The summed E-state index contributed by atoms with van der Waals surface area (Å²) in [5.74, 6) is -3.34. The molecule has 1 saturated heterocycles. The molecule has 2 amide bonds. The number of carbonyl (C=O) groups excluding carboxylic acids is 2. The molecule has 35 heavy (non-hydrogen) atoms. The van der Waals surface area contributed by atoms with Crippen LogP contribution < -0.4 is 15.8 Å². The minimum Gasteiger partial charge on any atom is -0.494 e. The highest BCUT2D eigenvalue weighted by molar-refractivity contribution is 6.45. The zero-order valence-electron chi connectivity index (χ0n) is 18.4. The van der Waals surface area contributed by atoms with Crippen molar-refractivity contribution in [2.75, 3.05) is 13.2 Å². The number of ether oxygens (including phenoxy) is 1. The molecule has 0 radical (unpaired) electrons. The molecule has 3 atom stereocenters. The first-order chi connectivity index (χ1) is 16.7. The number of carbonyl (C=O) groups is 4. The number of carboxylic acid groups (broad SMARTS) is 2. The summed E-state index contributed by atoms with van der Waals surface area (Å²) in [6, 6.07) is 11.0. The van der Waals surface area contributed by atoms with Crippen molar-refractivity contribution in [1.82, 2.24) is 10.2 Å². The molecule has 0 spiro atoms. The van der Waals surface area contributed by atoms with Gasteiger partial charge in [-0.1, -0.05) is 35.5 Å². The van der Waals surface area contributed by atoms with Gasteiger partial charge in [0.25, 0.3) is 5.91 Å². The van der Waals surface area contributed by atoms with Gasteiger partial charge in [-0.05, 0) is 29.8 Å². The summed E-state index contributed by atoms with van der Waals surface area (Å²) in [5.41, 5.74) is 5.72. The molecule has 0 saturated carbocycles. The lowest BCUT2D eigenvalue weighted by atomic mass is 9.98. The number of oxime groups is 1. The Morgan fingerprint density at radius 3 is 2.29 bits per heavy atom. The van der Waals surface area contributed by atoms with Crippen LogP contribution in [0.1, 0.15) is 23.6 Å². The first-order valence-electron chi connectivity index (χ1n) is 10.6. The van der Waals surface area contributed by atoms with Crippen molar-refractivity contribution >= 4 is 29.5 Å². The zero-order chi connectivity index (χ0) is 25.5. The quantitative estimate of drug-likeness (QED) is 0.128. The highest BCUT2D eigenvalue weighted by Crippen LogP contribution is 2.27. The lowest BCUT2D eigenvalue weighted by molar-refractivity contribution is -0.160. The number of benzene rings is 2. The van der Waals surface area contributed by atoms with Crippen molar-refractivity contribution in [2.45, 2.75) is 24.5 Å². The molecule has 12 nitrogen and oxygen atoms in total. The molecule has 2 aromatic rings. The maximum Gasteiger partial charge on any atom is 0.331 e. The molecule has 1 aliphatic rings. The number of β-lactam (4-membered cyclic amide) rings is 1. The number of likely N-dealkylation sites (tertiary alicyclic amines) is 1. The molecule has 2 aromatic carbocycles. The highest BCUT2D eigenvalue weighted by Gasteiger charge is 2.45. The van der Waals surface area contributed by atoms with Gasteiger partial charge in [0.15, 0.2) is 11.8 Å². The average molecular weight is 484 g/mol. The number of carboxylic acids is 2. The van der Waals surface area contributed by atoms with Gasteiger partial charge in [0.2, 0.25) is 5.91 Å². The van der Waals surface area contributed by atoms with Gasteiger partial charge in [-0.2, -0.15) is 0 Å². The zero-order valence-corrected chi connectivity index (χ0v) is 18.4. The second-order valence-electron chi connectivity index (χ2n) is 7.72. The Balaban J connectivity index is 1.58. The molecule has 6 N–H and O–H groups in total. The van der Waals surface area contributed by atoms with Crippen molar-refractivity contribution < 1.29 is 39.3 Å². The van der Waals surface area contributed by atoms with Crippen molar-refractivity contribution in [1.29, 1.82) is 0 Å². The van der Waals surface area contributed by atoms with Crippen LogP contribution in [0.4, 0.5) is 0 Å². The molecular weight excluding hydrogens is 460 g/mol. The van der Waals surface area contributed by atoms with Gasteiger partial charge in [-0.3, -0.25) is 14.4 Å². The van der Waals surface area contributed by atoms with Crippen LogP contribution in [-0.2, 0) is 19.2 Å². The van der Waals surface area contributed by atoms with Crippen molar-refractivity contribution in [3.8, 4) is 5.75 Å². The number of aliphatic carboxylic acids is 2. The summed E-state index contributed by atoms with van der Waals surface area (Å²) in [5, 5.41) is 33.2. The average Bonchev–Trinajstić information content (AvgIpc) is 2.84. The summed E-state index contributed by atoms with van der Waals surface area (Å²) < 4.78 is 5.41. The molecule has 1 fully saturated rings. The Labute approximate surface area is 199 Å². The van der Waals surface area contributed by atoms with E-state index in [0.29, 0.717) is 11.3 Å². The van der Waals surface area contributed by atoms with Gasteiger partial charge in [0.1, 0.15) is 17.8 Å². The maximum atomic E-state index is 12.6. The van der Waals surface area contributed by atoms with E-state index in [1.54, 1.807) is 30.3 Å². The first kappa shape index (κ1) is 25.2. The van der Waals surface area contributed by atoms with Crippen molar-refractivity contribution in [3.05, 3.63) is 65.7 Å². The van der Waals surface area contributed by atoms with Crippen LogP contribution in [-0.4, -0.2) is 75.0 Å². The van der Waals surface area contributed by atoms with Gasteiger partial charge in [-0.15, -0.1) is 0 Å². The second-order valence-corrected chi connectivity index (χ2v) is 7.72. The number of nitrogens with two attached hydrogens (primary N) is 1. The molecule has 1 unspecified atom stereocenters. The molecule has 0 bridgehead atoms. The fourth-order valence-corrected chi connectivity index (χ4v) is 3.48. The minimum absolute atomic E-state index is 0.0274. The third kappa shape index (κ3) is 5.92. The third-order valence-corrected chi connectivity index (χ3v) is 5.38. The van der Waals surface area contributed by atoms with E-state index in [0.717, 1.165) is 4.90 Å². The van der Waals surface area contributed by atoms with Crippen LogP contribution in [0.3, 0.4) is 0 Å². The van der Waals surface area contributed by atoms with Gasteiger partial charge in [0.05, 0.1) is 13.2 Å². The topological polar surface area (TPSA) is 192 Å². The molecule has 184 valence electrons. The minimum atomic E-state index is -1.20. The lowest BCUT2D eigenvalue weighted by Crippen LogP contribution is -2.66. The first-order valence-corrected chi connectivity index (χ1v) is 10.6. The fourth-order valence-electron chi connectivity index (χ4n) is 3.48. The summed E-state index contributed by atoms with van der Waals surface area (Å²) in [4.78, 5) is 48.8. The second kappa shape index (κ2) is 11.1. The Morgan fingerprint density at radius 1 is 1.09 bits per heavy atom. The molecule has 12 heteroatoms. The Kier molecular flexibility index (Phi) is 8.00. The van der Waals surface area contributed by atoms with Gasteiger partial charge in [-0.25, -0.2) is 4.79 Å². The lowest BCUT2D eigenvalue weighted by Gasteiger charge is -2.42. The number of rotatable bonds is 11. The van der Waals surface area contributed by atoms with Crippen molar-refractivity contribution in [3.63, 3.8) is 0 Å². The summed E-state index contributed by atoms with van der Waals surface area (Å²) in [6.07, 6.45) is 0.0995. The number of nitrogens with one attached hydrogen (secondary N) is 1. The predicted octanol–water partition coefficient (Wildman–Crippen LogP) is 0.199. The van der Waals surface area contributed by atoms with E-state index in [9.17, 15) is 29.5 Å². The van der Waals surface area contributed by atoms with Gasteiger partial charge in [0, 0.05) is 12.0 Å². The molecule has 1 heterocycles. The Hall–Kier alpha value is -4.45. The number of hydrogen-bond acceptors (Lipinski definition) is 8. The van der Waals surface area contributed by atoms with Gasteiger partial charge >= 0.3 is 11.9 Å². The third-order valence-electron chi connectivity index (χ3n) is 5.38. The number of hydrogen-bond donors (Lipinski definition) is 5. The predicted molar refractivity (Wildman–Crippen MR) is 121 cm³/mol. The van der Waals surface area contributed by atoms with E-state index >= 15 is 0 Å². The van der Waals surface area contributed by atoms with Crippen LogP contribution >= 0.6 is 0 Å². The molecule has 3 rings (SSSR count). The fraction of sp³-hybridized carbons (Fsp3) is 0.261. The van der Waals surface area contributed by atoms with Crippen LogP contribution in [0.2, 0.25) is 0 Å². The van der Waals surface area contributed by atoms with Crippen LogP contribution in [0.5, 0.6) is 5.75 Å². The molecule has 1 aliphatic heterocycles.